The predicted molar refractivity (Wildman–Crippen MR) is 72.7 cm³/mol. The molecule has 0 aromatic carbocycles. The first-order valence-corrected chi connectivity index (χ1v) is 7.12. The number of rotatable bonds is 4. The summed E-state index contributed by atoms with van der Waals surface area (Å²) in [6, 6.07) is 0.304. The van der Waals surface area contributed by atoms with Crippen LogP contribution in [0.1, 0.15) is 13.3 Å². The van der Waals surface area contributed by atoms with E-state index in [0.29, 0.717) is 38.6 Å². The van der Waals surface area contributed by atoms with Gasteiger partial charge in [-0.05, 0) is 6.92 Å². The van der Waals surface area contributed by atoms with Crippen LogP contribution in [0.5, 0.6) is 0 Å². The molecule has 2 amide bonds. The van der Waals surface area contributed by atoms with Gasteiger partial charge >= 0.3 is 0 Å². The molecule has 0 aromatic heterocycles. The van der Waals surface area contributed by atoms with E-state index in [1.165, 1.54) is 0 Å². The number of piperazine rings is 2. The molecule has 0 radical (unpaired) electrons. The first kappa shape index (κ1) is 14.3. The average molecular weight is 268 g/mol. The monoisotopic (exact) mass is 268 g/mol. The van der Waals surface area contributed by atoms with Gasteiger partial charge in [0.25, 0.3) is 0 Å². The molecule has 6 heteroatoms. The van der Waals surface area contributed by atoms with Crippen LogP contribution in [-0.2, 0) is 9.59 Å². The third kappa shape index (κ3) is 3.91. The maximum atomic E-state index is 12.2. The van der Waals surface area contributed by atoms with Crippen molar-refractivity contribution in [2.24, 2.45) is 0 Å². The molecule has 6 nitrogen and oxygen atoms in total. The first-order valence-electron chi connectivity index (χ1n) is 7.12. The van der Waals surface area contributed by atoms with Crippen LogP contribution in [0.25, 0.3) is 0 Å². The molecule has 2 saturated heterocycles. The van der Waals surface area contributed by atoms with Crippen molar-refractivity contribution < 1.29 is 9.59 Å². The van der Waals surface area contributed by atoms with Crippen molar-refractivity contribution in [2.45, 2.75) is 19.4 Å². The maximum absolute atomic E-state index is 12.2. The second kappa shape index (κ2) is 6.86. The molecule has 0 spiro atoms. The highest BCUT2D eigenvalue weighted by Gasteiger charge is 2.24. The molecule has 1 unspecified atom stereocenters. The number of hydrogen-bond donors (Lipinski definition) is 1. The smallest absolute Gasteiger partial charge is 0.224 e. The van der Waals surface area contributed by atoms with Gasteiger partial charge in [-0.2, -0.15) is 0 Å². The second-order valence-electron chi connectivity index (χ2n) is 5.36. The lowest BCUT2D eigenvalue weighted by molar-refractivity contribution is -0.136. The predicted octanol–water partition coefficient (Wildman–Crippen LogP) is -1.03. The number of hydrogen-bond acceptors (Lipinski definition) is 4. The molecular weight excluding hydrogens is 244 g/mol. The number of carbonyl (C=O) groups is 2. The van der Waals surface area contributed by atoms with E-state index in [1.54, 1.807) is 4.90 Å². The van der Waals surface area contributed by atoms with Crippen LogP contribution >= 0.6 is 0 Å². The largest absolute Gasteiger partial charge is 0.342 e. The fourth-order valence-electron chi connectivity index (χ4n) is 2.71. The zero-order valence-corrected chi connectivity index (χ0v) is 11.7. The van der Waals surface area contributed by atoms with Crippen LogP contribution in [0, 0.1) is 0 Å². The average Bonchev–Trinajstić information content (AvgIpc) is 2.48. The number of nitrogens with zero attached hydrogens (tertiary/aromatic N) is 3. The third-order valence-corrected chi connectivity index (χ3v) is 4.06. The van der Waals surface area contributed by atoms with Crippen molar-refractivity contribution >= 4 is 12.3 Å². The molecule has 108 valence electrons. The Hall–Kier alpha value is -1.14. The molecule has 0 saturated carbocycles. The van der Waals surface area contributed by atoms with Gasteiger partial charge in [0.2, 0.25) is 12.3 Å². The van der Waals surface area contributed by atoms with Crippen molar-refractivity contribution in [1.29, 1.82) is 0 Å². The molecular formula is C13H24N4O2. The van der Waals surface area contributed by atoms with Gasteiger partial charge in [-0.15, -0.1) is 0 Å². The minimum Gasteiger partial charge on any atom is -0.342 e. The summed E-state index contributed by atoms with van der Waals surface area (Å²) in [7, 11) is 0. The molecule has 2 aliphatic rings. The first-order chi connectivity index (χ1) is 9.20. The lowest BCUT2D eigenvalue weighted by Crippen LogP contribution is -2.51. The Kier molecular flexibility index (Phi) is 5.15. The summed E-state index contributed by atoms with van der Waals surface area (Å²) >= 11 is 0. The fourth-order valence-corrected chi connectivity index (χ4v) is 2.71. The van der Waals surface area contributed by atoms with E-state index in [1.807, 2.05) is 4.90 Å². The van der Waals surface area contributed by atoms with Crippen LogP contribution in [0.4, 0.5) is 0 Å². The van der Waals surface area contributed by atoms with Crippen molar-refractivity contribution in [3.63, 3.8) is 0 Å². The van der Waals surface area contributed by atoms with Gasteiger partial charge in [0.15, 0.2) is 0 Å². The van der Waals surface area contributed by atoms with E-state index in [0.717, 1.165) is 32.6 Å². The standard InChI is InChI=1S/C13H24N4O2/c1-12(16-4-2-14-3-5-16)10-13(19)17-8-6-15(11-18)7-9-17/h11-12,14H,2-10H2,1H3. The van der Waals surface area contributed by atoms with Crippen molar-refractivity contribution in [2.75, 3.05) is 52.4 Å². The molecule has 2 fully saturated rings. The van der Waals surface area contributed by atoms with Gasteiger partial charge in [0.05, 0.1) is 0 Å². The number of amides is 2. The highest BCUT2D eigenvalue weighted by Crippen LogP contribution is 2.09. The minimum absolute atomic E-state index is 0.219. The molecule has 2 heterocycles. The van der Waals surface area contributed by atoms with Gasteiger partial charge < -0.3 is 15.1 Å². The molecule has 1 atom stereocenters. The number of carbonyl (C=O) groups excluding carboxylic acids is 2. The van der Waals surface area contributed by atoms with Crippen molar-refractivity contribution in [1.82, 2.24) is 20.0 Å². The Morgan fingerprint density at radius 1 is 1.16 bits per heavy atom. The van der Waals surface area contributed by atoms with Crippen molar-refractivity contribution in [3.05, 3.63) is 0 Å². The van der Waals surface area contributed by atoms with Crippen LogP contribution in [-0.4, -0.2) is 85.4 Å². The summed E-state index contributed by atoms with van der Waals surface area (Å²) in [5, 5.41) is 3.32. The quantitative estimate of drug-likeness (QED) is 0.663. The Balaban J connectivity index is 1.75. The second-order valence-corrected chi connectivity index (χ2v) is 5.36. The molecule has 2 aliphatic heterocycles. The molecule has 0 aliphatic carbocycles. The summed E-state index contributed by atoms with van der Waals surface area (Å²) in [4.78, 5) is 28.8. The maximum Gasteiger partial charge on any atom is 0.224 e. The lowest BCUT2D eigenvalue weighted by Gasteiger charge is -2.36. The summed E-state index contributed by atoms with van der Waals surface area (Å²) < 4.78 is 0. The fraction of sp³-hybridized carbons (Fsp3) is 0.846. The van der Waals surface area contributed by atoms with Gasteiger partial charge in [0.1, 0.15) is 0 Å². The zero-order valence-electron chi connectivity index (χ0n) is 11.7. The van der Waals surface area contributed by atoms with Gasteiger partial charge in [0, 0.05) is 64.8 Å². The van der Waals surface area contributed by atoms with E-state index in [2.05, 4.69) is 17.1 Å². The molecule has 2 rings (SSSR count). The van der Waals surface area contributed by atoms with E-state index in [9.17, 15) is 9.59 Å². The third-order valence-electron chi connectivity index (χ3n) is 4.06. The van der Waals surface area contributed by atoms with Gasteiger partial charge in [-0.25, -0.2) is 0 Å². The van der Waals surface area contributed by atoms with Gasteiger partial charge in [-0.1, -0.05) is 0 Å². The lowest BCUT2D eigenvalue weighted by atomic mass is 10.1. The zero-order chi connectivity index (χ0) is 13.7. The normalized spacial score (nSPS) is 23.2. The summed E-state index contributed by atoms with van der Waals surface area (Å²) in [5.74, 6) is 0.219. The van der Waals surface area contributed by atoms with Crippen LogP contribution in [0.2, 0.25) is 0 Å². The minimum atomic E-state index is 0.219. The topological polar surface area (TPSA) is 55.9 Å². The van der Waals surface area contributed by atoms with E-state index < -0.39 is 0 Å². The molecule has 19 heavy (non-hydrogen) atoms. The summed E-state index contributed by atoms with van der Waals surface area (Å²) in [6.45, 7) is 8.87. The molecule has 0 aromatic rings. The number of nitrogens with one attached hydrogen (secondary N) is 1. The summed E-state index contributed by atoms with van der Waals surface area (Å²) in [6.07, 6.45) is 1.45. The van der Waals surface area contributed by atoms with E-state index >= 15 is 0 Å². The van der Waals surface area contributed by atoms with Crippen LogP contribution in [0.15, 0.2) is 0 Å². The SMILES string of the molecule is CC(CC(=O)N1CCN(C=O)CC1)N1CCNCC1. The van der Waals surface area contributed by atoms with Crippen molar-refractivity contribution in [3.8, 4) is 0 Å². The Labute approximate surface area is 114 Å². The summed E-state index contributed by atoms with van der Waals surface area (Å²) in [5.41, 5.74) is 0. The van der Waals surface area contributed by atoms with E-state index in [-0.39, 0.29) is 5.91 Å². The molecule has 1 N–H and O–H groups in total. The van der Waals surface area contributed by atoms with Crippen LogP contribution in [0.3, 0.4) is 0 Å². The Morgan fingerprint density at radius 2 is 1.79 bits per heavy atom. The van der Waals surface area contributed by atoms with Gasteiger partial charge in [-0.3, -0.25) is 14.5 Å². The van der Waals surface area contributed by atoms with Crippen LogP contribution < -0.4 is 5.32 Å². The highest BCUT2D eigenvalue weighted by atomic mass is 16.2. The Morgan fingerprint density at radius 3 is 2.37 bits per heavy atom. The molecule has 0 bridgehead atoms. The van der Waals surface area contributed by atoms with E-state index in [4.69, 9.17) is 0 Å². The Bertz CT molecular complexity index is 310. The highest BCUT2D eigenvalue weighted by molar-refractivity contribution is 5.77.